The van der Waals surface area contributed by atoms with Crippen LogP contribution in [0, 0.1) is 13.8 Å². The molecule has 7 heteroatoms. The van der Waals surface area contributed by atoms with Gasteiger partial charge in [-0.15, -0.1) is 0 Å². The van der Waals surface area contributed by atoms with Gasteiger partial charge >= 0.3 is 0 Å². The van der Waals surface area contributed by atoms with E-state index in [1.807, 2.05) is 33.8 Å². The van der Waals surface area contributed by atoms with E-state index in [9.17, 15) is 13.2 Å². The summed E-state index contributed by atoms with van der Waals surface area (Å²) in [4.78, 5) is 13.8. The lowest BCUT2D eigenvalue weighted by Crippen LogP contribution is -2.34. The van der Waals surface area contributed by atoms with Gasteiger partial charge in [-0.1, -0.05) is 6.07 Å². The highest BCUT2D eigenvalue weighted by atomic mass is 32.2. The Morgan fingerprint density at radius 1 is 1.00 bits per heavy atom. The molecule has 1 amide bonds. The maximum absolute atomic E-state index is 12.6. The van der Waals surface area contributed by atoms with Crippen LogP contribution in [0.2, 0.25) is 0 Å². The fraction of sp³-hybridized carbons (Fsp3) is 0.350. The van der Waals surface area contributed by atoms with Crippen molar-refractivity contribution in [2.24, 2.45) is 0 Å². The van der Waals surface area contributed by atoms with Crippen molar-refractivity contribution in [3.05, 3.63) is 53.6 Å². The minimum Gasteiger partial charge on any atom is -0.484 e. The molecule has 1 N–H and O–H groups in total. The van der Waals surface area contributed by atoms with Crippen molar-refractivity contribution in [3.63, 3.8) is 0 Å². The van der Waals surface area contributed by atoms with Crippen molar-refractivity contribution >= 4 is 21.6 Å². The molecule has 0 atom stereocenters. The number of nitrogens with one attached hydrogen (secondary N) is 1. The van der Waals surface area contributed by atoms with E-state index in [-0.39, 0.29) is 17.4 Å². The minimum atomic E-state index is -3.70. The van der Waals surface area contributed by atoms with Gasteiger partial charge in [0, 0.05) is 18.8 Å². The maximum Gasteiger partial charge on any atom is 0.261 e. The monoisotopic (exact) mass is 390 g/mol. The molecule has 0 aromatic heterocycles. The lowest BCUT2D eigenvalue weighted by Gasteiger charge is -2.18. The summed E-state index contributed by atoms with van der Waals surface area (Å²) >= 11 is 0. The first-order valence-corrected chi connectivity index (χ1v) is 10.3. The van der Waals surface area contributed by atoms with E-state index in [1.165, 1.54) is 12.1 Å². The Balaban J connectivity index is 2.06. The second kappa shape index (κ2) is 8.90. The molecule has 0 heterocycles. The topological polar surface area (TPSA) is 75.7 Å². The van der Waals surface area contributed by atoms with Crippen molar-refractivity contribution < 1.29 is 17.9 Å². The van der Waals surface area contributed by atoms with E-state index in [2.05, 4.69) is 4.72 Å². The summed E-state index contributed by atoms with van der Waals surface area (Å²) in [6.07, 6.45) is 0. The van der Waals surface area contributed by atoms with Crippen molar-refractivity contribution in [2.75, 3.05) is 24.4 Å². The van der Waals surface area contributed by atoms with Gasteiger partial charge in [-0.05, 0) is 75.2 Å². The van der Waals surface area contributed by atoms with Crippen LogP contribution in [0.4, 0.5) is 5.69 Å². The third-order valence-corrected chi connectivity index (χ3v) is 5.48. The predicted octanol–water partition coefficient (Wildman–Crippen LogP) is 3.35. The first kappa shape index (κ1) is 20.8. The van der Waals surface area contributed by atoms with Crippen LogP contribution in [0.5, 0.6) is 5.75 Å². The van der Waals surface area contributed by atoms with E-state index >= 15 is 0 Å². The number of carbonyl (C=O) groups is 1. The molecule has 0 fully saturated rings. The molecule has 0 aliphatic carbocycles. The minimum absolute atomic E-state index is 0.0748. The molecule has 0 unspecified atom stereocenters. The van der Waals surface area contributed by atoms with Crippen LogP contribution in [0.1, 0.15) is 25.0 Å². The molecule has 2 rings (SSSR count). The first-order chi connectivity index (χ1) is 12.7. The average molecular weight is 391 g/mol. The SMILES string of the molecule is CCN(CC)C(=O)COc1ccc(S(=O)(=O)Nc2cc(C)cc(C)c2)cc1. The standard InChI is InChI=1S/C20H26N2O4S/c1-5-22(6-2)20(23)14-26-18-7-9-19(10-8-18)27(24,25)21-17-12-15(3)11-16(4)13-17/h7-13,21H,5-6,14H2,1-4H3. The van der Waals surface area contributed by atoms with E-state index in [0.29, 0.717) is 24.5 Å². The number of nitrogens with zero attached hydrogens (tertiary/aromatic N) is 1. The summed E-state index contributed by atoms with van der Waals surface area (Å²) in [5.41, 5.74) is 2.49. The number of amides is 1. The van der Waals surface area contributed by atoms with Crippen LogP contribution < -0.4 is 9.46 Å². The van der Waals surface area contributed by atoms with Gasteiger partial charge in [0.25, 0.3) is 15.9 Å². The number of aryl methyl sites for hydroxylation is 2. The van der Waals surface area contributed by atoms with E-state index in [1.54, 1.807) is 29.2 Å². The van der Waals surface area contributed by atoms with E-state index in [4.69, 9.17) is 4.74 Å². The van der Waals surface area contributed by atoms with Crippen molar-refractivity contribution in [1.82, 2.24) is 4.90 Å². The van der Waals surface area contributed by atoms with Crippen LogP contribution in [0.3, 0.4) is 0 Å². The summed E-state index contributed by atoms with van der Waals surface area (Å²) in [6, 6.07) is 11.5. The summed E-state index contributed by atoms with van der Waals surface area (Å²) in [5.74, 6) is 0.342. The van der Waals surface area contributed by atoms with Gasteiger partial charge in [0.05, 0.1) is 4.90 Å². The summed E-state index contributed by atoms with van der Waals surface area (Å²) in [7, 11) is -3.70. The number of benzene rings is 2. The van der Waals surface area contributed by atoms with Crippen LogP contribution in [-0.2, 0) is 14.8 Å². The Bertz CT molecular complexity index is 868. The van der Waals surface area contributed by atoms with E-state index in [0.717, 1.165) is 11.1 Å². The van der Waals surface area contributed by atoms with Crippen LogP contribution in [0.15, 0.2) is 47.4 Å². The molecule has 146 valence electrons. The highest BCUT2D eigenvalue weighted by Gasteiger charge is 2.15. The van der Waals surface area contributed by atoms with Crippen LogP contribution >= 0.6 is 0 Å². The Morgan fingerprint density at radius 3 is 2.07 bits per heavy atom. The molecule has 27 heavy (non-hydrogen) atoms. The number of rotatable bonds is 8. The van der Waals surface area contributed by atoms with Gasteiger partial charge in [0.1, 0.15) is 5.75 Å². The van der Waals surface area contributed by atoms with Crippen molar-refractivity contribution in [2.45, 2.75) is 32.6 Å². The summed E-state index contributed by atoms with van der Waals surface area (Å²) in [5, 5.41) is 0. The number of hydrogen-bond donors (Lipinski definition) is 1. The molecule has 0 aliphatic rings. The smallest absolute Gasteiger partial charge is 0.261 e. The maximum atomic E-state index is 12.6. The Labute approximate surface area is 161 Å². The van der Waals surface area contributed by atoms with Gasteiger partial charge in [0.15, 0.2) is 6.61 Å². The molecule has 0 saturated carbocycles. The fourth-order valence-corrected chi connectivity index (χ4v) is 3.82. The van der Waals surface area contributed by atoms with Gasteiger partial charge in [-0.3, -0.25) is 9.52 Å². The number of likely N-dealkylation sites (N-methyl/N-ethyl adjacent to an activating group) is 1. The number of hydrogen-bond acceptors (Lipinski definition) is 4. The van der Waals surface area contributed by atoms with Gasteiger partial charge in [-0.2, -0.15) is 0 Å². The summed E-state index contributed by atoms with van der Waals surface area (Å²) < 4.78 is 33.2. The number of carbonyl (C=O) groups excluding carboxylic acids is 1. The molecule has 0 spiro atoms. The summed E-state index contributed by atoms with van der Waals surface area (Å²) in [6.45, 7) is 8.81. The zero-order valence-corrected chi connectivity index (χ0v) is 17.0. The Morgan fingerprint density at radius 2 is 1.56 bits per heavy atom. The molecule has 0 saturated heterocycles. The number of anilines is 1. The van der Waals surface area contributed by atoms with Crippen LogP contribution in [0.25, 0.3) is 0 Å². The first-order valence-electron chi connectivity index (χ1n) is 8.87. The Hall–Kier alpha value is -2.54. The highest BCUT2D eigenvalue weighted by molar-refractivity contribution is 7.92. The fourth-order valence-electron chi connectivity index (χ4n) is 2.78. The third-order valence-electron chi connectivity index (χ3n) is 4.09. The van der Waals surface area contributed by atoms with Gasteiger partial charge in [0.2, 0.25) is 0 Å². The Kier molecular flexibility index (Phi) is 6.85. The predicted molar refractivity (Wildman–Crippen MR) is 107 cm³/mol. The zero-order valence-electron chi connectivity index (χ0n) is 16.2. The normalized spacial score (nSPS) is 11.1. The van der Waals surface area contributed by atoms with Gasteiger partial charge in [-0.25, -0.2) is 8.42 Å². The molecule has 2 aromatic carbocycles. The van der Waals surface area contributed by atoms with Gasteiger partial charge < -0.3 is 9.64 Å². The quantitative estimate of drug-likeness (QED) is 0.750. The molecule has 0 aliphatic heterocycles. The second-order valence-electron chi connectivity index (χ2n) is 6.31. The highest BCUT2D eigenvalue weighted by Crippen LogP contribution is 2.21. The molecular formula is C20H26N2O4S. The zero-order chi connectivity index (χ0) is 20.0. The molecule has 2 aromatic rings. The lowest BCUT2D eigenvalue weighted by atomic mass is 10.1. The largest absolute Gasteiger partial charge is 0.484 e. The second-order valence-corrected chi connectivity index (χ2v) is 7.99. The number of sulfonamides is 1. The number of ether oxygens (including phenoxy) is 1. The molecule has 0 bridgehead atoms. The average Bonchev–Trinajstić information content (AvgIpc) is 2.60. The molecular weight excluding hydrogens is 364 g/mol. The molecule has 6 nitrogen and oxygen atoms in total. The molecule has 0 radical (unpaired) electrons. The lowest BCUT2D eigenvalue weighted by molar-refractivity contribution is -0.132. The third kappa shape index (κ3) is 5.72. The van der Waals surface area contributed by atoms with E-state index < -0.39 is 10.0 Å². The van der Waals surface area contributed by atoms with Crippen molar-refractivity contribution in [1.29, 1.82) is 0 Å². The van der Waals surface area contributed by atoms with Crippen LogP contribution in [-0.4, -0.2) is 38.9 Å². The van der Waals surface area contributed by atoms with Crippen molar-refractivity contribution in [3.8, 4) is 5.75 Å².